The van der Waals surface area contributed by atoms with Crippen molar-refractivity contribution >= 4 is 0 Å². The molecule has 1 rings (SSSR count). The number of alkyl halides is 3. The highest BCUT2D eigenvalue weighted by atomic mass is 19.4. The summed E-state index contributed by atoms with van der Waals surface area (Å²) >= 11 is 0. The molecule has 0 aromatic rings. The Labute approximate surface area is 75.4 Å². The number of ether oxygens (including phenoxy) is 1. The Morgan fingerprint density at radius 1 is 1.38 bits per heavy atom. The Bertz CT molecular complexity index is 165. The van der Waals surface area contributed by atoms with Gasteiger partial charge in [-0.3, -0.25) is 4.74 Å². The molecule has 1 aliphatic carbocycles. The van der Waals surface area contributed by atoms with E-state index >= 15 is 0 Å². The molecule has 1 fully saturated rings. The molecule has 1 aliphatic rings. The number of hydrogen-bond donors (Lipinski definition) is 1. The van der Waals surface area contributed by atoms with Crippen LogP contribution in [0.1, 0.15) is 26.2 Å². The third kappa shape index (κ3) is 3.95. The van der Waals surface area contributed by atoms with Gasteiger partial charge in [0.2, 0.25) is 0 Å². The third-order valence-corrected chi connectivity index (χ3v) is 2.38. The predicted octanol–water partition coefficient (Wildman–Crippen LogP) is 2.06. The maximum atomic E-state index is 11.5. The Morgan fingerprint density at radius 2 is 2.00 bits per heavy atom. The molecule has 13 heavy (non-hydrogen) atoms. The Morgan fingerprint density at radius 3 is 2.38 bits per heavy atom. The molecule has 0 saturated heterocycles. The minimum absolute atomic E-state index is 0.0506. The summed E-state index contributed by atoms with van der Waals surface area (Å²) in [4.78, 5) is 0. The van der Waals surface area contributed by atoms with Gasteiger partial charge in [-0.1, -0.05) is 0 Å². The smallest absolute Gasteiger partial charge is 0.309 e. The summed E-state index contributed by atoms with van der Waals surface area (Å²) in [5, 5.41) is 3.04. The van der Waals surface area contributed by atoms with Gasteiger partial charge in [-0.05, 0) is 26.2 Å². The number of halogens is 3. The summed E-state index contributed by atoms with van der Waals surface area (Å²) < 4.78 is 38.2. The van der Waals surface area contributed by atoms with Gasteiger partial charge in [0.1, 0.15) is 0 Å². The molecule has 0 atom stereocenters. The van der Waals surface area contributed by atoms with Crippen molar-refractivity contribution in [3.8, 4) is 0 Å². The first-order valence-electron chi connectivity index (χ1n) is 4.37. The number of nitrogens with one attached hydrogen (secondary N) is 1. The van der Waals surface area contributed by atoms with Crippen molar-refractivity contribution in [2.75, 3.05) is 13.2 Å². The lowest BCUT2D eigenvalue weighted by Crippen LogP contribution is -2.49. The summed E-state index contributed by atoms with van der Waals surface area (Å²) in [5.41, 5.74) is 0.0506. The van der Waals surface area contributed by atoms with Crippen LogP contribution in [0.2, 0.25) is 0 Å². The maximum Gasteiger partial charge on any atom is 0.522 e. The second kappa shape index (κ2) is 3.84. The van der Waals surface area contributed by atoms with Crippen molar-refractivity contribution in [3.63, 3.8) is 0 Å². The highest BCUT2D eigenvalue weighted by Gasteiger charge is 2.32. The molecule has 0 aliphatic heterocycles. The van der Waals surface area contributed by atoms with E-state index in [1.54, 1.807) is 0 Å². The molecule has 0 spiro atoms. The predicted molar refractivity (Wildman–Crippen MR) is 42.3 cm³/mol. The average molecular weight is 197 g/mol. The van der Waals surface area contributed by atoms with Crippen molar-refractivity contribution in [2.24, 2.45) is 0 Å². The minimum atomic E-state index is -4.50. The molecule has 5 heteroatoms. The first kappa shape index (κ1) is 10.8. The van der Waals surface area contributed by atoms with E-state index in [2.05, 4.69) is 10.1 Å². The number of rotatable bonds is 4. The summed E-state index contributed by atoms with van der Waals surface area (Å²) in [5.74, 6) is 0. The van der Waals surface area contributed by atoms with Crippen LogP contribution in [0.3, 0.4) is 0 Å². The van der Waals surface area contributed by atoms with Crippen LogP contribution in [-0.4, -0.2) is 25.1 Å². The fourth-order valence-corrected chi connectivity index (χ4v) is 1.40. The monoisotopic (exact) mass is 197 g/mol. The quantitative estimate of drug-likeness (QED) is 0.696. The van der Waals surface area contributed by atoms with Gasteiger partial charge in [0.25, 0.3) is 0 Å². The second-order valence-corrected chi connectivity index (χ2v) is 3.64. The van der Waals surface area contributed by atoms with Gasteiger partial charge in [-0.15, -0.1) is 13.2 Å². The summed E-state index contributed by atoms with van der Waals surface area (Å²) in [6.07, 6.45) is -1.26. The lowest BCUT2D eigenvalue weighted by molar-refractivity contribution is -0.323. The van der Waals surface area contributed by atoms with Gasteiger partial charge < -0.3 is 5.32 Å². The van der Waals surface area contributed by atoms with Crippen LogP contribution < -0.4 is 5.32 Å². The van der Waals surface area contributed by atoms with E-state index in [9.17, 15) is 13.2 Å². The molecular formula is C8H14F3NO. The number of hydrogen-bond acceptors (Lipinski definition) is 2. The normalized spacial score (nSPS) is 21.2. The standard InChI is InChI=1S/C8H14F3NO/c1-7(3-2-4-7)12-5-6-13-8(9,10)11/h12H,2-6H2,1H3. The molecule has 2 nitrogen and oxygen atoms in total. The zero-order chi connectivity index (χ0) is 9.95. The third-order valence-electron chi connectivity index (χ3n) is 2.38. The maximum absolute atomic E-state index is 11.5. The molecule has 0 radical (unpaired) electrons. The summed E-state index contributed by atoms with van der Waals surface area (Å²) in [6.45, 7) is 1.97. The van der Waals surface area contributed by atoms with Crippen molar-refractivity contribution in [1.82, 2.24) is 5.32 Å². The SMILES string of the molecule is CC1(NCCOC(F)(F)F)CCC1. The van der Waals surface area contributed by atoms with Crippen LogP contribution >= 0.6 is 0 Å². The Hall–Kier alpha value is -0.290. The van der Waals surface area contributed by atoms with Crippen LogP contribution in [0.15, 0.2) is 0 Å². The molecule has 0 aromatic heterocycles. The minimum Gasteiger partial charge on any atom is -0.309 e. The molecule has 1 saturated carbocycles. The average Bonchev–Trinajstić information content (AvgIpc) is 1.93. The topological polar surface area (TPSA) is 21.3 Å². The first-order valence-corrected chi connectivity index (χ1v) is 4.37. The van der Waals surface area contributed by atoms with Gasteiger partial charge in [0.05, 0.1) is 6.61 Å². The summed E-state index contributed by atoms with van der Waals surface area (Å²) in [7, 11) is 0. The molecule has 0 aromatic carbocycles. The zero-order valence-electron chi connectivity index (χ0n) is 7.58. The molecular weight excluding hydrogens is 183 g/mol. The molecule has 0 heterocycles. The van der Waals surface area contributed by atoms with E-state index in [4.69, 9.17) is 0 Å². The Kier molecular flexibility index (Phi) is 3.18. The van der Waals surface area contributed by atoms with Crippen molar-refractivity contribution in [2.45, 2.75) is 38.1 Å². The van der Waals surface area contributed by atoms with Crippen molar-refractivity contribution in [3.05, 3.63) is 0 Å². The van der Waals surface area contributed by atoms with E-state index in [0.717, 1.165) is 19.3 Å². The lowest BCUT2D eigenvalue weighted by Gasteiger charge is -2.39. The van der Waals surface area contributed by atoms with Crippen LogP contribution in [0, 0.1) is 0 Å². The first-order chi connectivity index (χ1) is 5.91. The highest BCUT2D eigenvalue weighted by molar-refractivity contribution is 4.91. The van der Waals surface area contributed by atoms with E-state index in [-0.39, 0.29) is 18.7 Å². The van der Waals surface area contributed by atoms with Crippen LogP contribution in [-0.2, 0) is 4.74 Å². The van der Waals surface area contributed by atoms with Gasteiger partial charge in [0.15, 0.2) is 0 Å². The van der Waals surface area contributed by atoms with E-state index in [1.807, 2.05) is 6.92 Å². The fourth-order valence-electron chi connectivity index (χ4n) is 1.40. The molecule has 0 amide bonds. The molecule has 1 N–H and O–H groups in total. The Balaban J connectivity index is 2.01. The van der Waals surface area contributed by atoms with Crippen molar-refractivity contribution in [1.29, 1.82) is 0 Å². The van der Waals surface area contributed by atoms with E-state index in [0.29, 0.717) is 0 Å². The fraction of sp³-hybridized carbons (Fsp3) is 1.00. The van der Waals surface area contributed by atoms with Crippen LogP contribution in [0.5, 0.6) is 0 Å². The second-order valence-electron chi connectivity index (χ2n) is 3.64. The van der Waals surface area contributed by atoms with E-state index in [1.165, 1.54) is 0 Å². The van der Waals surface area contributed by atoms with Gasteiger partial charge in [0, 0.05) is 12.1 Å². The highest BCUT2D eigenvalue weighted by Crippen LogP contribution is 2.30. The van der Waals surface area contributed by atoms with Crippen LogP contribution in [0.25, 0.3) is 0 Å². The largest absolute Gasteiger partial charge is 0.522 e. The molecule has 0 unspecified atom stereocenters. The van der Waals surface area contributed by atoms with Crippen molar-refractivity contribution < 1.29 is 17.9 Å². The summed E-state index contributed by atoms with van der Waals surface area (Å²) in [6, 6.07) is 0. The van der Waals surface area contributed by atoms with Crippen LogP contribution in [0.4, 0.5) is 13.2 Å². The van der Waals surface area contributed by atoms with Gasteiger partial charge in [-0.2, -0.15) is 0 Å². The molecule has 0 bridgehead atoms. The molecule has 78 valence electrons. The van der Waals surface area contributed by atoms with Gasteiger partial charge >= 0.3 is 6.36 Å². The lowest BCUT2D eigenvalue weighted by atomic mass is 9.78. The zero-order valence-corrected chi connectivity index (χ0v) is 7.58. The van der Waals surface area contributed by atoms with Gasteiger partial charge in [-0.25, -0.2) is 0 Å². The van der Waals surface area contributed by atoms with E-state index < -0.39 is 6.36 Å².